The summed E-state index contributed by atoms with van der Waals surface area (Å²) in [5.41, 5.74) is 0.582. The predicted molar refractivity (Wildman–Crippen MR) is 194 cm³/mol. The molecule has 0 spiro atoms. The minimum atomic E-state index is -1.27. The highest BCUT2D eigenvalue weighted by atomic mass is 16.6. The first-order valence-corrected chi connectivity index (χ1v) is 17.2. The smallest absolute Gasteiger partial charge is 0.408 e. The van der Waals surface area contributed by atoms with Crippen LogP contribution in [0.3, 0.4) is 0 Å². The van der Waals surface area contributed by atoms with E-state index in [1.54, 1.807) is 77.9 Å². The molecule has 3 aromatic carbocycles. The van der Waals surface area contributed by atoms with Gasteiger partial charge >= 0.3 is 12.1 Å². The average Bonchev–Trinajstić information content (AvgIpc) is 3.77. The van der Waals surface area contributed by atoms with Crippen molar-refractivity contribution in [2.24, 2.45) is 5.92 Å². The van der Waals surface area contributed by atoms with Crippen LogP contribution in [-0.4, -0.2) is 63.2 Å². The van der Waals surface area contributed by atoms with E-state index in [4.69, 9.17) is 15.9 Å². The molecule has 0 radical (unpaired) electrons. The Hall–Kier alpha value is -5.30. The number of terminal acetylenes is 1. The van der Waals surface area contributed by atoms with E-state index < -0.39 is 53.2 Å². The molecule has 51 heavy (non-hydrogen) atoms. The van der Waals surface area contributed by atoms with Crippen molar-refractivity contribution < 1.29 is 33.8 Å². The van der Waals surface area contributed by atoms with Gasteiger partial charge in [0.15, 0.2) is 0 Å². The van der Waals surface area contributed by atoms with Gasteiger partial charge in [0.2, 0.25) is 11.8 Å². The zero-order valence-electron chi connectivity index (χ0n) is 30.4. The Balaban J connectivity index is 1.81. The molecule has 270 valence electrons. The van der Waals surface area contributed by atoms with Crippen molar-refractivity contribution in [3.05, 3.63) is 101 Å². The summed E-state index contributed by atoms with van der Waals surface area (Å²) in [6.07, 6.45) is 5.93. The first-order valence-electron chi connectivity index (χ1n) is 17.2. The molecular weight excluding hydrogens is 646 g/mol. The molecule has 5 atom stereocenters. The van der Waals surface area contributed by atoms with Crippen LogP contribution in [0.15, 0.2) is 78.9 Å². The number of nitrogens with one attached hydrogen (secondary N) is 2. The van der Waals surface area contributed by atoms with Gasteiger partial charge in [0, 0.05) is 24.4 Å². The molecule has 1 aliphatic rings. The van der Waals surface area contributed by atoms with Gasteiger partial charge in [0.1, 0.15) is 35.1 Å². The van der Waals surface area contributed by atoms with E-state index in [9.17, 15) is 24.3 Å². The summed E-state index contributed by atoms with van der Waals surface area (Å²) in [6.45, 7) is 12.4. The van der Waals surface area contributed by atoms with Gasteiger partial charge in [-0.2, -0.15) is 0 Å². The highest BCUT2D eigenvalue weighted by Gasteiger charge is 2.49. The van der Waals surface area contributed by atoms with E-state index in [0.717, 1.165) is 5.56 Å². The summed E-state index contributed by atoms with van der Waals surface area (Å²) >= 11 is 0. The number of carbonyl (C=O) groups excluding carboxylic acids is 4. The molecule has 0 heterocycles. The zero-order chi connectivity index (χ0) is 37.5. The van der Waals surface area contributed by atoms with E-state index in [1.807, 2.05) is 37.3 Å². The Morgan fingerprint density at radius 1 is 0.824 bits per heavy atom. The second kappa shape index (κ2) is 16.2. The van der Waals surface area contributed by atoms with Crippen LogP contribution in [0.4, 0.5) is 4.79 Å². The number of carbonyl (C=O) groups is 4. The van der Waals surface area contributed by atoms with Crippen molar-refractivity contribution in [2.75, 3.05) is 0 Å². The fourth-order valence-corrected chi connectivity index (χ4v) is 5.82. The van der Waals surface area contributed by atoms with Gasteiger partial charge in [-0.05, 0) is 88.8 Å². The number of alkyl carbamates (subject to hydrolysis) is 1. The molecule has 4 rings (SSSR count). The van der Waals surface area contributed by atoms with Crippen LogP contribution < -0.4 is 10.6 Å². The van der Waals surface area contributed by atoms with E-state index in [-0.39, 0.29) is 30.6 Å². The molecule has 1 saturated carbocycles. The van der Waals surface area contributed by atoms with Crippen LogP contribution in [0.25, 0.3) is 0 Å². The van der Waals surface area contributed by atoms with Crippen molar-refractivity contribution >= 4 is 23.9 Å². The number of phenols is 1. The maximum Gasteiger partial charge on any atom is 0.408 e. The Morgan fingerprint density at radius 3 is 1.94 bits per heavy atom. The SMILES string of the molecule is C#Cc1ccccc1C(C(=O)NC(Cc1ccccc1)C(=O)OC(C)(C)C)N(C(=O)C(Cc1ccc(O)cc1)NC(=O)OC(C)(C)C)C1CC1C. The highest BCUT2D eigenvalue weighted by molar-refractivity contribution is 5.95. The van der Waals surface area contributed by atoms with Gasteiger partial charge in [-0.3, -0.25) is 9.59 Å². The number of nitrogens with zero attached hydrogens (tertiary/aromatic N) is 1. The van der Waals surface area contributed by atoms with Crippen LogP contribution in [-0.2, 0) is 36.7 Å². The third-order valence-corrected chi connectivity index (χ3v) is 8.27. The standard InChI is InChI=1S/C41H49N3O7/c1-9-29-17-13-14-18-31(29)35(36(46)42-33(38(48)50-40(3,4)5)25-27-15-11-10-12-16-27)44(34-23-26(34)2)37(47)32(43-39(49)51-41(6,7)8)24-28-19-21-30(45)22-20-28/h1,10-22,26,32-35,45H,23-25H2,2-8H3,(H,42,46)(H,43,49). The van der Waals surface area contributed by atoms with Crippen LogP contribution in [0.1, 0.15) is 83.2 Å². The largest absolute Gasteiger partial charge is 0.508 e. The molecule has 0 bridgehead atoms. The molecule has 3 N–H and O–H groups in total. The average molecular weight is 696 g/mol. The van der Waals surface area contributed by atoms with Gasteiger partial charge in [-0.25, -0.2) is 9.59 Å². The molecule has 0 saturated heterocycles. The number of esters is 1. The molecule has 10 heteroatoms. The second-order valence-corrected chi connectivity index (χ2v) is 15.0. The lowest BCUT2D eigenvalue weighted by Gasteiger charge is -2.36. The lowest BCUT2D eigenvalue weighted by Crippen LogP contribution is -2.56. The number of amides is 3. The van der Waals surface area contributed by atoms with Crippen molar-refractivity contribution in [2.45, 2.75) is 103 Å². The number of hydrogen-bond donors (Lipinski definition) is 3. The summed E-state index contributed by atoms with van der Waals surface area (Å²) in [7, 11) is 0. The number of rotatable bonds is 12. The number of hydrogen-bond acceptors (Lipinski definition) is 7. The van der Waals surface area contributed by atoms with Crippen LogP contribution >= 0.6 is 0 Å². The Morgan fingerprint density at radius 2 is 1.37 bits per heavy atom. The number of benzene rings is 3. The first-order chi connectivity index (χ1) is 24.0. The van der Waals surface area contributed by atoms with Crippen molar-refractivity contribution in [3.8, 4) is 18.1 Å². The molecular formula is C41H49N3O7. The van der Waals surface area contributed by atoms with Crippen LogP contribution in [0.2, 0.25) is 0 Å². The fourth-order valence-electron chi connectivity index (χ4n) is 5.82. The molecule has 3 aromatic rings. The quantitative estimate of drug-likeness (QED) is 0.160. The molecule has 1 fully saturated rings. The van der Waals surface area contributed by atoms with E-state index in [1.165, 1.54) is 17.0 Å². The van der Waals surface area contributed by atoms with Crippen molar-refractivity contribution in [1.82, 2.24) is 15.5 Å². The molecule has 1 aliphatic carbocycles. The van der Waals surface area contributed by atoms with E-state index in [0.29, 0.717) is 23.1 Å². The molecule has 3 amide bonds. The number of phenolic OH excluding ortho intramolecular Hbond substituents is 1. The maximum absolute atomic E-state index is 14.9. The summed E-state index contributed by atoms with van der Waals surface area (Å²) in [5.74, 6) is 0.943. The van der Waals surface area contributed by atoms with Crippen LogP contribution in [0, 0.1) is 18.3 Å². The predicted octanol–water partition coefficient (Wildman–Crippen LogP) is 5.86. The first kappa shape index (κ1) is 38.5. The van der Waals surface area contributed by atoms with Crippen molar-refractivity contribution in [3.63, 3.8) is 0 Å². The fraction of sp³-hybridized carbons (Fsp3) is 0.415. The van der Waals surface area contributed by atoms with E-state index >= 15 is 0 Å². The lowest BCUT2D eigenvalue weighted by molar-refractivity contribution is -0.159. The molecule has 0 aromatic heterocycles. The van der Waals surface area contributed by atoms with Gasteiger partial charge in [-0.15, -0.1) is 6.42 Å². The summed E-state index contributed by atoms with van der Waals surface area (Å²) in [4.78, 5) is 58.0. The van der Waals surface area contributed by atoms with Crippen molar-refractivity contribution in [1.29, 1.82) is 0 Å². The monoisotopic (exact) mass is 695 g/mol. The van der Waals surface area contributed by atoms with E-state index in [2.05, 4.69) is 16.6 Å². The summed E-state index contributed by atoms with van der Waals surface area (Å²) in [5, 5.41) is 15.6. The topological polar surface area (TPSA) is 134 Å². The van der Waals surface area contributed by atoms with Gasteiger partial charge < -0.3 is 30.1 Å². The third kappa shape index (κ3) is 11.1. The summed E-state index contributed by atoms with van der Waals surface area (Å²) < 4.78 is 11.3. The highest BCUT2D eigenvalue weighted by Crippen LogP contribution is 2.41. The maximum atomic E-state index is 14.9. The van der Waals surface area contributed by atoms with Gasteiger partial charge in [0.05, 0.1) is 0 Å². The second-order valence-electron chi connectivity index (χ2n) is 15.0. The van der Waals surface area contributed by atoms with Crippen LogP contribution in [0.5, 0.6) is 5.75 Å². The minimum absolute atomic E-state index is 0.0315. The Bertz CT molecular complexity index is 1740. The normalized spacial score (nSPS) is 17.1. The summed E-state index contributed by atoms with van der Waals surface area (Å²) in [6, 6.07) is 18.5. The van der Waals surface area contributed by atoms with Gasteiger partial charge in [0.25, 0.3) is 0 Å². The zero-order valence-corrected chi connectivity index (χ0v) is 30.4. The minimum Gasteiger partial charge on any atom is -0.508 e. The third-order valence-electron chi connectivity index (χ3n) is 8.27. The van der Waals surface area contributed by atoms with Gasteiger partial charge in [-0.1, -0.05) is 73.5 Å². The number of aromatic hydroxyl groups is 1. The molecule has 5 unspecified atom stereocenters. The molecule has 10 nitrogen and oxygen atoms in total. The Kier molecular flexibility index (Phi) is 12.2. The number of ether oxygens (including phenoxy) is 2. The Labute approximate surface area is 300 Å². The molecule has 0 aliphatic heterocycles. The lowest BCUT2D eigenvalue weighted by atomic mass is 9.95.